The van der Waals surface area contributed by atoms with Gasteiger partial charge in [-0.05, 0) is 43.7 Å². The number of carbonyl (C=O) groups is 1. The minimum atomic E-state index is -0.552. The summed E-state index contributed by atoms with van der Waals surface area (Å²) in [5, 5.41) is 3.31. The molecule has 3 heterocycles. The SMILES string of the molecule is Cc1ccc(Cn2c(=O)c(C(=O)Nc3nccc(C)n3)cc3cccnc32)cc1. The fourth-order valence-corrected chi connectivity index (χ4v) is 3.07. The van der Waals surface area contributed by atoms with Gasteiger partial charge < -0.3 is 0 Å². The van der Waals surface area contributed by atoms with Crippen LogP contribution in [0, 0.1) is 13.8 Å². The molecule has 1 aromatic carbocycles. The van der Waals surface area contributed by atoms with Crippen molar-refractivity contribution in [3.8, 4) is 0 Å². The van der Waals surface area contributed by atoms with Gasteiger partial charge in [0.1, 0.15) is 11.2 Å². The molecule has 0 aliphatic heterocycles. The van der Waals surface area contributed by atoms with E-state index in [0.29, 0.717) is 17.6 Å². The van der Waals surface area contributed by atoms with Gasteiger partial charge in [0, 0.05) is 23.5 Å². The van der Waals surface area contributed by atoms with E-state index in [1.807, 2.05) is 37.3 Å². The molecule has 4 aromatic rings. The smallest absolute Gasteiger partial charge is 0.265 e. The van der Waals surface area contributed by atoms with E-state index in [-0.39, 0.29) is 11.5 Å². The zero-order chi connectivity index (χ0) is 20.4. The molecule has 0 atom stereocenters. The number of carbonyl (C=O) groups excluding carboxylic acids is 1. The molecule has 144 valence electrons. The Morgan fingerprint density at radius 1 is 1.03 bits per heavy atom. The number of aryl methyl sites for hydroxylation is 2. The van der Waals surface area contributed by atoms with Crippen molar-refractivity contribution >= 4 is 22.9 Å². The predicted molar refractivity (Wildman–Crippen MR) is 111 cm³/mol. The lowest BCUT2D eigenvalue weighted by atomic mass is 10.1. The van der Waals surface area contributed by atoms with Gasteiger partial charge >= 0.3 is 0 Å². The molecular weight excluding hydrogens is 366 g/mol. The molecule has 0 spiro atoms. The first-order valence-electron chi connectivity index (χ1n) is 9.16. The molecule has 4 rings (SSSR count). The Bertz CT molecular complexity index is 1260. The Morgan fingerprint density at radius 3 is 2.59 bits per heavy atom. The molecular formula is C22H19N5O2. The first-order valence-corrected chi connectivity index (χ1v) is 9.16. The third-order valence-electron chi connectivity index (χ3n) is 4.57. The highest BCUT2D eigenvalue weighted by molar-refractivity contribution is 6.04. The van der Waals surface area contributed by atoms with E-state index in [2.05, 4.69) is 20.3 Å². The first-order chi connectivity index (χ1) is 14.0. The summed E-state index contributed by atoms with van der Waals surface area (Å²) < 4.78 is 1.52. The van der Waals surface area contributed by atoms with Gasteiger partial charge in [-0.15, -0.1) is 0 Å². The van der Waals surface area contributed by atoms with Crippen molar-refractivity contribution in [2.45, 2.75) is 20.4 Å². The summed E-state index contributed by atoms with van der Waals surface area (Å²) in [6.45, 7) is 4.12. The third kappa shape index (κ3) is 3.89. The summed E-state index contributed by atoms with van der Waals surface area (Å²) in [6.07, 6.45) is 3.19. The molecule has 0 unspecified atom stereocenters. The number of nitrogens with zero attached hydrogens (tertiary/aromatic N) is 4. The van der Waals surface area contributed by atoms with Crippen LogP contribution in [0.1, 0.15) is 27.2 Å². The van der Waals surface area contributed by atoms with E-state index in [4.69, 9.17) is 0 Å². The number of rotatable bonds is 4. The van der Waals surface area contributed by atoms with E-state index in [1.54, 1.807) is 37.5 Å². The summed E-state index contributed by atoms with van der Waals surface area (Å²) in [5.74, 6) is -0.394. The summed E-state index contributed by atoms with van der Waals surface area (Å²) >= 11 is 0. The fourth-order valence-electron chi connectivity index (χ4n) is 3.07. The number of hydrogen-bond donors (Lipinski definition) is 1. The van der Waals surface area contributed by atoms with Gasteiger partial charge in [-0.1, -0.05) is 29.8 Å². The number of anilines is 1. The molecule has 7 nitrogen and oxygen atoms in total. The van der Waals surface area contributed by atoms with Crippen LogP contribution >= 0.6 is 0 Å². The minimum absolute atomic E-state index is 0.0164. The summed E-state index contributed by atoms with van der Waals surface area (Å²) in [4.78, 5) is 38.5. The monoisotopic (exact) mass is 385 g/mol. The van der Waals surface area contributed by atoms with E-state index < -0.39 is 11.5 Å². The van der Waals surface area contributed by atoms with Gasteiger partial charge in [0.05, 0.1) is 6.54 Å². The Kier molecular flexibility index (Phi) is 4.87. The van der Waals surface area contributed by atoms with Crippen molar-refractivity contribution in [3.05, 3.63) is 93.7 Å². The van der Waals surface area contributed by atoms with Gasteiger partial charge in [0.25, 0.3) is 11.5 Å². The maximum absolute atomic E-state index is 13.2. The van der Waals surface area contributed by atoms with Crippen LogP contribution in [0.25, 0.3) is 11.0 Å². The second-order valence-corrected chi connectivity index (χ2v) is 6.83. The minimum Gasteiger partial charge on any atom is -0.290 e. The highest BCUT2D eigenvalue weighted by atomic mass is 16.2. The fraction of sp³-hybridized carbons (Fsp3) is 0.136. The van der Waals surface area contributed by atoms with Crippen molar-refractivity contribution in [3.63, 3.8) is 0 Å². The quantitative estimate of drug-likeness (QED) is 0.583. The number of amides is 1. The van der Waals surface area contributed by atoms with Crippen molar-refractivity contribution in [2.75, 3.05) is 5.32 Å². The molecule has 0 bridgehead atoms. The van der Waals surface area contributed by atoms with Gasteiger partial charge in [-0.3, -0.25) is 19.5 Å². The van der Waals surface area contributed by atoms with Crippen LogP contribution in [-0.2, 0) is 6.54 Å². The molecule has 0 aliphatic carbocycles. The van der Waals surface area contributed by atoms with Crippen LogP contribution < -0.4 is 10.9 Å². The lowest BCUT2D eigenvalue weighted by molar-refractivity contribution is 0.102. The summed E-state index contributed by atoms with van der Waals surface area (Å²) in [7, 11) is 0. The molecule has 0 saturated heterocycles. The van der Waals surface area contributed by atoms with Crippen LogP contribution in [-0.4, -0.2) is 25.4 Å². The molecule has 3 aromatic heterocycles. The van der Waals surface area contributed by atoms with Crippen molar-refractivity contribution < 1.29 is 4.79 Å². The Morgan fingerprint density at radius 2 is 1.83 bits per heavy atom. The molecule has 29 heavy (non-hydrogen) atoms. The van der Waals surface area contributed by atoms with Gasteiger partial charge in [-0.25, -0.2) is 15.0 Å². The van der Waals surface area contributed by atoms with Crippen LogP contribution in [0.15, 0.2) is 65.7 Å². The second-order valence-electron chi connectivity index (χ2n) is 6.83. The van der Waals surface area contributed by atoms with E-state index >= 15 is 0 Å². The standard InChI is InChI=1S/C22H19N5O2/c1-14-5-7-16(8-6-14)13-27-19-17(4-3-10-23-19)12-18(21(27)29)20(28)26-22-24-11-9-15(2)25-22/h3-12H,13H2,1-2H3,(H,24,25,26,28). The number of hydrogen-bond acceptors (Lipinski definition) is 5. The van der Waals surface area contributed by atoms with Gasteiger partial charge in [0.2, 0.25) is 5.95 Å². The second kappa shape index (κ2) is 7.63. The van der Waals surface area contributed by atoms with Crippen LogP contribution in [0.3, 0.4) is 0 Å². The Labute approximate surface area is 167 Å². The summed E-state index contributed by atoms with van der Waals surface area (Å²) in [5.41, 5.74) is 2.93. The predicted octanol–water partition coefficient (Wildman–Crippen LogP) is 3.10. The van der Waals surface area contributed by atoms with Crippen LogP contribution in [0.4, 0.5) is 5.95 Å². The third-order valence-corrected chi connectivity index (χ3v) is 4.57. The highest BCUT2D eigenvalue weighted by Crippen LogP contribution is 2.14. The van der Waals surface area contributed by atoms with Gasteiger partial charge in [0.15, 0.2) is 0 Å². The van der Waals surface area contributed by atoms with E-state index in [1.165, 1.54) is 4.57 Å². The van der Waals surface area contributed by atoms with Crippen molar-refractivity contribution in [1.82, 2.24) is 19.5 Å². The molecule has 1 amide bonds. The van der Waals surface area contributed by atoms with E-state index in [0.717, 1.165) is 16.8 Å². The number of benzene rings is 1. The average molecular weight is 385 g/mol. The molecule has 7 heteroatoms. The Hall–Kier alpha value is -3.87. The van der Waals surface area contributed by atoms with E-state index in [9.17, 15) is 9.59 Å². The first kappa shape index (κ1) is 18.5. The molecule has 0 aliphatic rings. The summed E-state index contributed by atoms with van der Waals surface area (Å²) in [6, 6.07) is 14.8. The van der Waals surface area contributed by atoms with Crippen molar-refractivity contribution in [1.29, 1.82) is 0 Å². The molecule has 1 N–H and O–H groups in total. The zero-order valence-corrected chi connectivity index (χ0v) is 16.1. The average Bonchev–Trinajstić information content (AvgIpc) is 2.71. The molecule has 0 radical (unpaired) electrons. The number of fused-ring (bicyclic) bond motifs is 1. The lowest BCUT2D eigenvalue weighted by Gasteiger charge is -2.12. The maximum atomic E-state index is 13.2. The maximum Gasteiger partial charge on any atom is 0.265 e. The Balaban J connectivity index is 1.78. The lowest BCUT2D eigenvalue weighted by Crippen LogP contribution is -2.30. The molecule has 0 saturated carbocycles. The van der Waals surface area contributed by atoms with Crippen LogP contribution in [0.2, 0.25) is 0 Å². The number of aromatic nitrogens is 4. The normalized spacial score (nSPS) is 10.8. The van der Waals surface area contributed by atoms with Crippen molar-refractivity contribution in [2.24, 2.45) is 0 Å². The highest BCUT2D eigenvalue weighted by Gasteiger charge is 2.17. The topological polar surface area (TPSA) is 89.8 Å². The molecule has 0 fully saturated rings. The zero-order valence-electron chi connectivity index (χ0n) is 16.1. The number of pyridine rings is 2. The van der Waals surface area contributed by atoms with Crippen LogP contribution in [0.5, 0.6) is 0 Å². The van der Waals surface area contributed by atoms with Gasteiger partial charge in [-0.2, -0.15) is 0 Å². The number of nitrogens with one attached hydrogen (secondary N) is 1. The largest absolute Gasteiger partial charge is 0.290 e.